The number of benzene rings is 1. The third-order valence-corrected chi connectivity index (χ3v) is 5.87. The van der Waals surface area contributed by atoms with Gasteiger partial charge in [0.2, 0.25) is 0 Å². The fraction of sp³-hybridized carbons (Fsp3) is 0.368. The van der Waals surface area contributed by atoms with Gasteiger partial charge in [0.1, 0.15) is 0 Å². The van der Waals surface area contributed by atoms with Crippen molar-refractivity contribution in [2.75, 3.05) is 5.32 Å². The number of nitrogens with one attached hydrogen (secondary N) is 1. The Morgan fingerprint density at radius 1 is 1.35 bits per heavy atom. The van der Waals surface area contributed by atoms with Crippen LogP contribution in [-0.4, -0.2) is 16.7 Å². The summed E-state index contributed by atoms with van der Waals surface area (Å²) in [5.74, 6) is 6.57. The Bertz CT molecular complexity index is 799. The van der Waals surface area contributed by atoms with Gasteiger partial charge in [0.25, 0.3) is 0 Å². The molecule has 2 nitrogen and oxygen atoms in total. The van der Waals surface area contributed by atoms with Crippen molar-refractivity contribution >= 4 is 33.0 Å². The summed E-state index contributed by atoms with van der Waals surface area (Å²) in [6.07, 6.45) is -0.467. The Balaban J connectivity index is 2.19. The summed E-state index contributed by atoms with van der Waals surface area (Å²) in [6.45, 7) is 8.24. The number of rotatable bonds is 0. The number of halogens is 1. The molecule has 120 valence electrons. The Kier molecular flexibility index (Phi) is 4.31. The summed E-state index contributed by atoms with van der Waals surface area (Å²) >= 11 is 5.29. The highest BCUT2D eigenvalue weighted by molar-refractivity contribution is 9.10. The minimum atomic E-state index is -0.467. The highest BCUT2D eigenvalue weighted by atomic mass is 79.9. The zero-order valence-corrected chi connectivity index (χ0v) is 16.1. The van der Waals surface area contributed by atoms with Gasteiger partial charge in [-0.3, -0.25) is 0 Å². The molecule has 0 radical (unpaired) electrons. The third kappa shape index (κ3) is 2.94. The van der Waals surface area contributed by atoms with E-state index in [2.05, 4.69) is 53.0 Å². The molecule has 0 saturated heterocycles. The first-order valence-electron chi connectivity index (χ1n) is 7.66. The highest BCUT2D eigenvalue weighted by Gasteiger charge is 2.40. The molecule has 1 aliphatic rings. The number of anilines is 1. The van der Waals surface area contributed by atoms with Gasteiger partial charge in [0, 0.05) is 21.6 Å². The molecule has 0 bridgehead atoms. The Hall–Kier alpha value is -1.28. The first-order chi connectivity index (χ1) is 10.8. The van der Waals surface area contributed by atoms with E-state index in [0.717, 1.165) is 26.2 Å². The average molecular weight is 390 g/mol. The van der Waals surface area contributed by atoms with E-state index in [1.54, 1.807) is 11.3 Å². The van der Waals surface area contributed by atoms with Crippen LogP contribution in [-0.2, 0) is 0 Å². The zero-order chi connectivity index (χ0) is 16.8. The van der Waals surface area contributed by atoms with Crippen molar-refractivity contribution in [1.29, 1.82) is 0 Å². The number of hydrogen-bond acceptors (Lipinski definition) is 3. The molecule has 2 N–H and O–H groups in total. The van der Waals surface area contributed by atoms with Gasteiger partial charge in [-0.15, -0.1) is 11.3 Å². The molecule has 1 aromatic heterocycles. The molecular formula is C19H20BrNOS. The van der Waals surface area contributed by atoms with Crippen LogP contribution in [0.3, 0.4) is 0 Å². The molecule has 0 aliphatic carbocycles. The summed E-state index contributed by atoms with van der Waals surface area (Å²) in [5, 5.41) is 16.2. The van der Waals surface area contributed by atoms with Crippen molar-refractivity contribution in [3.8, 4) is 11.8 Å². The standard InChI is InChI=1S/C19H20BrNOS/c1-11-10-15(20)14(8-7-13-6-5-9-23-13)16-12(2)18(22)19(3,4)21-17(11)16/h5-6,9-10,12,18,21-22H,1-4H3. The first kappa shape index (κ1) is 16.6. The second-order valence-electron chi connectivity index (χ2n) is 6.65. The molecule has 0 saturated carbocycles. The number of fused-ring (bicyclic) bond motifs is 1. The molecule has 2 aromatic rings. The van der Waals surface area contributed by atoms with Gasteiger partial charge in [-0.1, -0.05) is 24.8 Å². The summed E-state index contributed by atoms with van der Waals surface area (Å²) in [4.78, 5) is 1.04. The first-order valence-corrected chi connectivity index (χ1v) is 9.33. The van der Waals surface area contributed by atoms with E-state index in [1.807, 2.05) is 31.4 Å². The Labute approximate surface area is 150 Å². The van der Waals surface area contributed by atoms with Crippen LogP contribution in [0.15, 0.2) is 28.1 Å². The van der Waals surface area contributed by atoms with E-state index >= 15 is 0 Å². The number of thiophene rings is 1. The van der Waals surface area contributed by atoms with E-state index < -0.39 is 6.10 Å². The third-order valence-electron chi connectivity index (χ3n) is 4.46. The molecule has 0 spiro atoms. The van der Waals surface area contributed by atoms with Gasteiger partial charge in [0.05, 0.1) is 16.5 Å². The Morgan fingerprint density at radius 3 is 2.74 bits per heavy atom. The molecule has 0 fully saturated rings. The van der Waals surface area contributed by atoms with Crippen LogP contribution in [0.1, 0.15) is 48.3 Å². The molecular weight excluding hydrogens is 370 g/mol. The maximum Gasteiger partial charge on any atom is 0.0831 e. The molecule has 4 heteroatoms. The van der Waals surface area contributed by atoms with Crippen LogP contribution in [0.25, 0.3) is 0 Å². The molecule has 3 rings (SSSR count). The van der Waals surface area contributed by atoms with Crippen LogP contribution in [0.2, 0.25) is 0 Å². The smallest absolute Gasteiger partial charge is 0.0831 e. The maximum absolute atomic E-state index is 10.7. The van der Waals surface area contributed by atoms with Crippen molar-refractivity contribution in [3.05, 3.63) is 49.6 Å². The van der Waals surface area contributed by atoms with E-state index in [9.17, 15) is 5.11 Å². The highest BCUT2D eigenvalue weighted by Crippen LogP contribution is 2.44. The maximum atomic E-state index is 10.7. The summed E-state index contributed by atoms with van der Waals surface area (Å²) in [7, 11) is 0. The lowest BCUT2D eigenvalue weighted by Gasteiger charge is -2.43. The van der Waals surface area contributed by atoms with Gasteiger partial charge in [-0.2, -0.15) is 0 Å². The summed E-state index contributed by atoms with van der Waals surface area (Å²) in [6, 6.07) is 6.13. The van der Waals surface area contributed by atoms with E-state index in [4.69, 9.17) is 0 Å². The largest absolute Gasteiger partial charge is 0.390 e. The molecule has 23 heavy (non-hydrogen) atoms. The molecule has 0 amide bonds. The lowest BCUT2D eigenvalue weighted by atomic mass is 9.76. The normalized spacial score (nSPS) is 21.8. The van der Waals surface area contributed by atoms with Crippen molar-refractivity contribution in [1.82, 2.24) is 0 Å². The Morgan fingerprint density at radius 2 is 2.09 bits per heavy atom. The van der Waals surface area contributed by atoms with Crippen molar-refractivity contribution < 1.29 is 5.11 Å². The summed E-state index contributed by atoms with van der Waals surface area (Å²) in [5.41, 5.74) is 3.98. The minimum absolute atomic E-state index is 0.0186. The van der Waals surface area contributed by atoms with Crippen LogP contribution >= 0.6 is 27.3 Å². The van der Waals surface area contributed by atoms with Crippen molar-refractivity contribution in [2.45, 2.75) is 45.3 Å². The second-order valence-corrected chi connectivity index (χ2v) is 8.45. The SMILES string of the molecule is Cc1cc(Br)c(C#Cc2cccs2)c2c1NC(C)(C)C(O)C2C. The lowest BCUT2D eigenvalue weighted by molar-refractivity contribution is 0.0867. The van der Waals surface area contributed by atoms with E-state index in [-0.39, 0.29) is 11.5 Å². The monoisotopic (exact) mass is 389 g/mol. The number of hydrogen-bond donors (Lipinski definition) is 2. The predicted octanol–water partition coefficient (Wildman–Crippen LogP) is 4.89. The number of aliphatic hydroxyl groups excluding tert-OH is 1. The van der Waals surface area contributed by atoms with Gasteiger partial charge in [0.15, 0.2) is 0 Å². The minimum Gasteiger partial charge on any atom is -0.390 e. The fourth-order valence-electron chi connectivity index (χ4n) is 3.20. The molecule has 1 aromatic carbocycles. The fourth-order valence-corrected chi connectivity index (χ4v) is 4.43. The van der Waals surface area contributed by atoms with E-state index in [0.29, 0.717) is 0 Å². The van der Waals surface area contributed by atoms with Gasteiger partial charge in [-0.25, -0.2) is 0 Å². The van der Waals surface area contributed by atoms with Crippen LogP contribution in [0.5, 0.6) is 0 Å². The van der Waals surface area contributed by atoms with E-state index in [1.165, 1.54) is 5.56 Å². The second kappa shape index (κ2) is 5.98. The van der Waals surface area contributed by atoms with Crippen LogP contribution in [0, 0.1) is 18.8 Å². The average Bonchev–Trinajstić information content (AvgIpc) is 2.99. The quantitative estimate of drug-likeness (QED) is 0.628. The number of aliphatic hydroxyl groups is 1. The van der Waals surface area contributed by atoms with Crippen molar-refractivity contribution in [2.24, 2.45) is 0 Å². The molecule has 2 heterocycles. The topological polar surface area (TPSA) is 32.3 Å². The molecule has 2 atom stereocenters. The van der Waals surface area contributed by atoms with Gasteiger partial charge in [-0.05, 0) is 65.3 Å². The zero-order valence-electron chi connectivity index (χ0n) is 13.7. The van der Waals surface area contributed by atoms with Gasteiger partial charge < -0.3 is 10.4 Å². The lowest BCUT2D eigenvalue weighted by Crippen LogP contribution is -2.50. The molecule has 2 unspecified atom stereocenters. The van der Waals surface area contributed by atoms with Crippen LogP contribution < -0.4 is 5.32 Å². The number of aryl methyl sites for hydroxylation is 1. The van der Waals surface area contributed by atoms with Crippen LogP contribution in [0.4, 0.5) is 5.69 Å². The van der Waals surface area contributed by atoms with Gasteiger partial charge >= 0.3 is 0 Å². The molecule has 1 aliphatic heterocycles. The van der Waals surface area contributed by atoms with Crippen molar-refractivity contribution in [3.63, 3.8) is 0 Å². The summed E-state index contributed by atoms with van der Waals surface area (Å²) < 4.78 is 0.985. The predicted molar refractivity (Wildman–Crippen MR) is 101 cm³/mol.